The van der Waals surface area contributed by atoms with Crippen LogP contribution in [0.15, 0.2) is 17.0 Å². The number of benzene rings is 1. The van der Waals surface area contributed by atoms with Crippen LogP contribution >= 0.6 is 11.6 Å². The molecule has 0 aromatic heterocycles. The highest BCUT2D eigenvalue weighted by molar-refractivity contribution is 7.87. The number of rotatable bonds is 3. The summed E-state index contributed by atoms with van der Waals surface area (Å²) < 4.78 is 39.4. The van der Waals surface area contributed by atoms with E-state index in [2.05, 4.69) is 0 Å². The van der Waals surface area contributed by atoms with Crippen molar-refractivity contribution in [2.75, 3.05) is 14.2 Å². The number of hydrogen-bond acceptors (Lipinski definition) is 6. The van der Waals surface area contributed by atoms with Crippen LogP contribution in [0, 0.1) is 0 Å². The predicted octanol–water partition coefficient (Wildman–Crippen LogP) is 1.49. The van der Waals surface area contributed by atoms with Crippen molar-refractivity contribution in [3.8, 4) is 11.5 Å². The summed E-state index contributed by atoms with van der Waals surface area (Å²) in [6.07, 6.45) is 0.0320. The van der Waals surface area contributed by atoms with Gasteiger partial charge in [0.15, 0.2) is 17.1 Å². The van der Waals surface area contributed by atoms with E-state index < -0.39 is 21.0 Å². The largest absolute Gasteiger partial charge is 0.493 e. The van der Waals surface area contributed by atoms with Gasteiger partial charge in [0.25, 0.3) is 15.4 Å². The Morgan fingerprint density at radius 3 is 2.35 bits per heavy atom. The molecule has 8 heteroatoms. The van der Waals surface area contributed by atoms with Crippen LogP contribution in [-0.4, -0.2) is 33.5 Å². The number of fused-ring (bicyclic) bond motifs is 1. The highest BCUT2D eigenvalue weighted by Gasteiger charge is 2.45. The van der Waals surface area contributed by atoms with Gasteiger partial charge in [-0.1, -0.05) is 0 Å². The van der Waals surface area contributed by atoms with Gasteiger partial charge < -0.3 is 9.47 Å². The second-order valence-electron chi connectivity index (χ2n) is 4.53. The Bertz CT molecular complexity index is 669. The number of halogens is 1. The molecule has 0 bridgehead atoms. The Balaban J connectivity index is 2.67. The van der Waals surface area contributed by atoms with Crippen molar-refractivity contribution in [2.24, 2.45) is 0 Å². The molecule has 1 heterocycles. The molecule has 6 nitrogen and oxygen atoms in total. The van der Waals surface area contributed by atoms with Gasteiger partial charge in [0.05, 0.1) is 14.2 Å². The topological polar surface area (TPSA) is 78.9 Å². The first-order valence-electron chi connectivity index (χ1n) is 5.64. The van der Waals surface area contributed by atoms with Gasteiger partial charge in [-0.2, -0.15) is 8.42 Å². The minimum absolute atomic E-state index is 0.0320. The van der Waals surface area contributed by atoms with Gasteiger partial charge in [-0.3, -0.25) is 8.98 Å². The molecule has 1 atom stereocenters. The lowest BCUT2D eigenvalue weighted by Crippen LogP contribution is -2.43. The van der Waals surface area contributed by atoms with Gasteiger partial charge in [0.1, 0.15) is 4.90 Å². The Hall–Kier alpha value is -1.31. The minimum Gasteiger partial charge on any atom is -0.493 e. The molecule has 0 spiro atoms. The van der Waals surface area contributed by atoms with Gasteiger partial charge in [0.2, 0.25) is 0 Å². The van der Waals surface area contributed by atoms with E-state index in [0.29, 0.717) is 11.3 Å². The first kappa shape index (κ1) is 15.1. The molecule has 0 fully saturated rings. The number of methoxy groups -OCH3 is 2. The molecule has 0 aliphatic carbocycles. The molecule has 1 unspecified atom stereocenters. The van der Waals surface area contributed by atoms with Crippen LogP contribution < -0.4 is 9.47 Å². The van der Waals surface area contributed by atoms with Crippen LogP contribution in [0.25, 0.3) is 0 Å². The summed E-state index contributed by atoms with van der Waals surface area (Å²) in [6.45, 7) is 1.33. The fraction of sp³-hybridized carbons (Fsp3) is 0.417. The standard InChI is InChI=1S/C12H13ClO6S/c1-12(11(13)14)6-7-4-8(17-2)9(18-3)5-10(7)20(15,16)19-12/h4-5H,6H2,1-3H3. The van der Waals surface area contributed by atoms with Gasteiger partial charge in [-0.15, -0.1) is 0 Å². The zero-order valence-electron chi connectivity index (χ0n) is 11.1. The van der Waals surface area contributed by atoms with Crippen LogP contribution in [0.4, 0.5) is 0 Å². The van der Waals surface area contributed by atoms with Crippen LogP contribution in [0.2, 0.25) is 0 Å². The molecule has 1 aliphatic heterocycles. The Morgan fingerprint density at radius 2 is 1.85 bits per heavy atom. The third-order valence-electron chi connectivity index (χ3n) is 3.07. The zero-order valence-corrected chi connectivity index (χ0v) is 12.7. The van der Waals surface area contributed by atoms with E-state index >= 15 is 0 Å². The minimum atomic E-state index is -4.09. The molecule has 2 rings (SSSR count). The molecule has 0 saturated carbocycles. The maximum absolute atomic E-state index is 12.1. The lowest BCUT2D eigenvalue weighted by atomic mass is 9.97. The second-order valence-corrected chi connectivity index (χ2v) is 6.39. The molecule has 1 aliphatic rings. The van der Waals surface area contributed by atoms with Crippen LogP contribution in [0.3, 0.4) is 0 Å². The van der Waals surface area contributed by atoms with E-state index in [9.17, 15) is 13.2 Å². The van der Waals surface area contributed by atoms with Crippen molar-refractivity contribution < 1.29 is 26.9 Å². The number of hydrogen-bond donors (Lipinski definition) is 0. The Kier molecular flexibility index (Phi) is 3.70. The molecule has 0 radical (unpaired) electrons. The van der Waals surface area contributed by atoms with Crippen LogP contribution in [-0.2, 0) is 25.5 Å². The molecule has 110 valence electrons. The summed E-state index contributed by atoms with van der Waals surface area (Å²) in [5.74, 6) is 0.631. The Labute approximate surface area is 121 Å². The number of carbonyl (C=O) groups is 1. The molecule has 20 heavy (non-hydrogen) atoms. The summed E-state index contributed by atoms with van der Waals surface area (Å²) in [4.78, 5) is 11.4. The van der Waals surface area contributed by atoms with Crippen LogP contribution in [0.1, 0.15) is 12.5 Å². The lowest BCUT2D eigenvalue weighted by molar-refractivity contribution is -0.124. The molecule has 1 aromatic carbocycles. The molecule has 0 saturated heterocycles. The summed E-state index contributed by atoms with van der Waals surface area (Å²) in [5, 5.41) is -0.874. The monoisotopic (exact) mass is 320 g/mol. The van der Waals surface area contributed by atoms with Crippen molar-refractivity contribution in [2.45, 2.75) is 23.8 Å². The predicted molar refractivity (Wildman–Crippen MR) is 70.8 cm³/mol. The van der Waals surface area contributed by atoms with Gasteiger partial charge in [0, 0.05) is 12.5 Å². The SMILES string of the molecule is COc1cc2c(cc1OC)S(=O)(=O)OC(C)(C(=O)Cl)C2. The van der Waals surface area contributed by atoms with E-state index in [4.69, 9.17) is 25.3 Å². The van der Waals surface area contributed by atoms with Crippen molar-refractivity contribution in [1.82, 2.24) is 0 Å². The summed E-state index contributed by atoms with van der Waals surface area (Å²) in [6, 6.07) is 2.81. The fourth-order valence-corrected chi connectivity index (χ4v) is 3.62. The highest BCUT2D eigenvalue weighted by Crippen LogP contribution is 2.40. The van der Waals surface area contributed by atoms with Gasteiger partial charge in [-0.05, 0) is 30.2 Å². The van der Waals surface area contributed by atoms with E-state index in [1.165, 1.54) is 33.3 Å². The molecule has 0 amide bonds. The Morgan fingerprint density at radius 1 is 1.30 bits per heavy atom. The maximum atomic E-state index is 12.1. The van der Waals surface area contributed by atoms with E-state index in [1.54, 1.807) is 0 Å². The molecular formula is C12H13ClO6S. The van der Waals surface area contributed by atoms with E-state index in [0.717, 1.165) is 0 Å². The quantitative estimate of drug-likeness (QED) is 0.620. The summed E-state index contributed by atoms with van der Waals surface area (Å²) >= 11 is 5.44. The smallest absolute Gasteiger partial charge is 0.298 e. The zero-order chi connectivity index (χ0) is 15.1. The van der Waals surface area contributed by atoms with Gasteiger partial charge in [-0.25, -0.2) is 0 Å². The first-order valence-corrected chi connectivity index (χ1v) is 7.42. The van der Waals surface area contributed by atoms with Gasteiger partial charge >= 0.3 is 0 Å². The molecular weight excluding hydrogens is 308 g/mol. The third-order valence-corrected chi connectivity index (χ3v) is 4.98. The second kappa shape index (κ2) is 4.91. The number of carbonyl (C=O) groups excluding carboxylic acids is 1. The third kappa shape index (κ3) is 2.36. The van der Waals surface area contributed by atoms with E-state index in [1.807, 2.05) is 0 Å². The van der Waals surface area contributed by atoms with Crippen molar-refractivity contribution in [3.05, 3.63) is 17.7 Å². The van der Waals surface area contributed by atoms with Crippen molar-refractivity contribution in [1.29, 1.82) is 0 Å². The highest BCUT2D eigenvalue weighted by atomic mass is 35.5. The normalized spacial score (nSPS) is 23.8. The summed E-state index contributed by atoms with van der Waals surface area (Å²) in [5.41, 5.74) is -1.22. The average molecular weight is 321 g/mol. The fourth-order valence-electron chi connectivity index (χ4n) is 2.06. The van der Waals surface area contributed by atoms with Crippen molar-refractivity contribution in [3.63, 3.8) is 0 Å². The number of ether oxygens (including phenoxy) is 2. The lowest BCUT2D eigenvalue weighted by Gasteiger charge is -2.31. The summed E-state index contributed by atoms with van der Waals surface area (Å²) in [7, 11) is -1.26. The first-order chi connectivity index (χ1) is 9.23. The average Bonchev–Trinajstić information content (AvgIpc) is 2.36. The molecule has 1 aromatic rings. The van der Waals surface area contributed by atoms with Crippen LogP contribution in [0.5, 0.6) is 11.5 Å². The van der Waals surface area contributed by atoms with Crippen molar-refractivity contribution >= 4 is 27.0 Å². The van der Waals surface area contributed by atoms with E-state index in [-0.39, 0.29) is 17.1 Å². The molecule has 0 N–H and O–H groups in total. The maximum Gasteiger partial charge on any atom is 0.298 e.